The fourth-order valence-corrected chi connectivity index (χ4v) is 3.47. The van der Waals surface area contributed by atoms with Gasteiger partial charge in [0, 0.05) is 16.7 Å². The van der Waals surface area contributed by atoms with Crippen molar-refractivity contribution in [2.75, 3.05) is 0 Å². The van der Waals surface area contributed by atoms with Crippen LogP contribution in [-0.2, 0) is 0 Å². The minimum atomic E-state index is -0.377. The first-order chi connectivity index (χ1) is 10.5. The molecule has 0 unspecified atom stereocenters. The van der Waals surface area contributed by atoms with E-state index in [4.69, 9.17) is 10.00 Å². The summed E-state index contributed by atoms with van der Waals surface area (Å²) in [4.78, 5) is 5.51. The van der Waals surface area contributed by atoms with E-state index in [1.165, 1.54) is 0 Å². The van der Waals surface area contributed by atoms with Gasteiger partial charge in [-0.05, 0) is 56.7 Å². The highest BCUT2D eigenvalue weighted by Crippen LogP contribution is 2.47. The lowest BCUT2D eigenvalue weighted by atomic mass is 9.93. The first-order valence-corrected chi connectivity index (χ1v) is 7.87. The highest BCUT2D eigenvalue weighted by Gasteiger charge is 2.33. The van der Waals surface area contributed by atoms with E-state index in [1.54, 1.807) is 24.0 Å². The Balaban J connectivity index is 2.14. The number of ether oxygens (including phenoxy) is 1. The second-order valence-electron chi connectivity index (χ2n) is 5.66. The summed E-state index contributed by atoms with van der Waals surface area (Å²) in [7, 11) is 0. The molecule has 1 aliphatic heterocycles. The molecular formula is C18H16N2OS. The fourth-order valence-electron chi connectivity index (χ4n) is 2.34. The second-order valence-corrected chi connectivity index (χ2v) is 6.69. The molecule has 1 aromatic carbocycles. The fraction of sp³-hybridized carbons (Fsp3) is 0.222. The first-order valence-electron chi connectivity index (χ1n) is 7.05. The summed E-state index contributed by atoms with van der Waals surface area (Å²) < 4.78 is 6.10. The third-order valence-electron chi connectivity index (χ3n) is 3.81. The van der Waals surface area contributed by atoms with Crippen LogP contribution in [0.5, 0.6) is 5.75 Å². The van der Waals surface area contributed by atoms with Gasteiger partial charge in [-0.2, -0.15) is 5.26 Å². The second kappa shape index (κ2) is 5.51. The Kier molecular flexibility index (Phi) is 3.67. The van der Waals surface area contributed by atoms with Crippen molar-refractivity contribution < 1.29 is 4.74 Å². The van der Waals surface area contributed by atoms with Crippen LogP contribution in [0.15, 0.2) is 53.2 Å². The Morgan fingerprint density at radius 1 is 1.23 bits per heavy atom. The molecule has 3 rings (SSSR count). The van der Waals surface area contributed by atoms with Crippen molar-refractivity contribution in [3.8, 4) is 11.8 Å². The third-order valence-corrected chi connectivity index (χ3v) is 4.99. The molecule has 2 aromatic rings. The molecular weight excluding hydrogens is 292 g/mol. The normalized spacial score (nSPS) is 15.7. The summed E-state index contributed by atoms with van der Waals surface area (Å²) >= 11 is 1.62. The van der Waals surface area contributed by atoms with Crippen LogP contribution >= 0.6 is 11.8 Å². The van der Waals surface area contributed by atoms with Crippen LogP contribution in [-0.4, -0.2) is 10.6 Å². The van der Waals surface area contributed by atoms with Gasteiger partial charge in [-0.15, -0.1) is 0 Å². The number of aromatic nitrogens is 1. The molecule has 0 N–H and O–H groups in total. The number of pyridine rings is 1. The highest BCUT2D eigenvalue weighted by molar-refractivity contribution is 8.08. The van der Waals surface area contributed by atoms with Crippen molar-refractivity contribution in [3.63, 3.8) is 0 Å². The lowest BCUT2D eigenvalue weighted by molar-refractivity contribution is 0.145. The Morgan fingerprint density at radius 3 is 2.73 bits per heavy atom. The van der Waals surface area contributed by atoms with E-state index in [1.807, 2.05) is 30.3 Å². The molecule has 0 fully saturated rings. The van der Waals surface area contributed by atoms with E-state index >= 15 is 0 Å². The van der Waals surface area contributed by atoms with E-state index in [0.29, 0.717) is 5.56 Å². The Morgan fingerprint density at radius 2 is 2.05 bits per heavy atom. The monoisotopic (exact) mass is 308 g/mol. The molecule has 0 radical (unpaired) electrons. The largest absolute Gasteiger partial charge is 0.483 e. The summed E-state index contributed by atoms with van der Waals surface area (Å²) in [5.74, 6) is 0.813. The molecule has 3 nitrogen and oxygen atoms in total. The van der Waals surface area contributed by atoms with Gasteiger partial charge < -0.3 is 4.74 Å². The van der Waals surface area contributed by atoms with Crippen LogP contribution in [0.1, 0.15) is 31.9 Å². The molecule has 0 atom stereocenters. The molecule has 0 amide bonds. The van der Waals surface area contributed by atoms with Crippen molar-refractivity contribution >= 4 is 16.7 Å². The maximum absolute atomic E-state index is 9.16. The van der Waals surface area contributed by atoms with Crippen molar-refractivity contribution in [2.45, 2.75) is 31.4 Å². The number of hydrogen-bond donors (Lipinski definition) is 0. The number of benzene rings is 1. The van der Waals surface area contributed by atoms with E-state index in [9.17, 15) is 0 Å². The number of fused-ring (bicyclic) bond motifs is 1. The minimum absolute atomic E-state index is 0.377. The van der Waals surface area contributed by atoms with Gasteiger partial charge in [0.15, 0.2) is 0 Å². The van der Waals surface area contributed by atoms with Gasteiger partial charge in [-0.1, -0.05) is 17.8 Å². The van der Waals surface area contributed by atoms with Gasteiger partial charge in [0.05, 0.1) is 11.6 Å². The number of nitriles is 1. The summed E-state index contributed by atoms with van der Waals surface area (Å²) in [5, 5.41) is 10.1. The number of rotatable bonds is 2. The predicted octanol–water partition coefficient (Wildman–Crippen LogP) is 4.65. The summed E-state index contributed by atoms with van der Waals surface area (Å²) in [6.45, 7) is 6.19. The maximum Gasteiger partial charge on any atom is 0.129 e. The number of nitrogens with zero attached hydrogens (tertiary/aromatic N) is 2. The van der Waals surface area contributed by atoms with Gasteiger partial charge in [0.25, 0.3) is 0 Å². The molecule has 0 saturated heterocycles. The Hall–Kier alpha value is -2.25. The minimum Gasteiger partial charge on any atom is -0.483 e. The van der Waals surface area contributed by atoms with Crippen LogP contribution in [0.3, 0.4) is 0 Å². The van der Waals surface area contributed by atoms with Crippen LogP contribution < -0.4 is 4.74 Å². The van der Waals surface area contributed by atoms with Crippen molar-refractivity contribution in [3.05, 3.63) is 59.3 Å². The maximum atomic E-state index is 9.16. The van der Waals surface area contributed by atoms with E-state index in [0.717, 1.165) is 26.8 Å². The molecule has 0 aliphatic carbocycles. The Labute approximate surface area is 134 Å². The lowest BCUT2D eigenvalue weighted by Crippen LogP contribution is -2.33. The van der Waals surface area contributed by atoms with Gasteiger partial charge in [0.2, 0.25) is 0 Å². The van der Waals surface area contributed by atoms with Crippen molar-refractivity contribution in [2.24, 2.45) is 0 Å². The zero-order chi connectivity index (χ0) is 15.7. The Bertz CT molecular complexity index is 788. The van der Waals surface area contributed by atoms with Crippen LogP contribution in [0.4, 0.5) is 0 Å². The number of hydrogen-bond acceptors (Lipinski definition) is 4. The van der Waals surface area contributed by atoms with Gasteiger partial charge in [-0.3, -0.25) is 0 Å². The first kappa shape index (κ1) is 14.7. The molecule has 0 saturated carbocycles. The molecule has 1 aliphatic rings. The van der Waals surface area contributed by atoms with E-state index in [2.05, 4.69) is 31.8 Å². The van der Waals surface area contributed by atoms with E-state index in [-0.39, 0.29) is 5.60 Å². The average Bonchev–Trinajstić information content (AvgIpc) is 2.52. The molecule has 0 spiro atoms. The molecule has 22 heavy (non-hydrogen) atoms. The summed E-state index contributed by atoms with van der Waals surface area (Å²) in [6, 6.07) is 13.6. The zero-order valence-electron chi connectivity index (χ0n) is 12.8. The summed E-state index contributed by atoms with van der Waals surface area (Å²) in [6.07, 6.45) is 1.79. The van der Waals surface area contributed by atoms with Crippen LogP contribution in [0, 0.1) is 11.3 Å². The molecule has 0 bridgehead atoms. The molecule has 2 heterocycles. The quantitative estimate of drug-likeness (QED) is 0.810. The third kappa shape index (κ3) is 2.60. The lowest BCUT2D eigenvalue weighted by Gasteiger charge is -2.35. The standard InChI is InChI=1S/C18H16N2OS/c1-12-17(22-16-6-4-5-9-20-16)14-10-13(11-19)7-8-15(14)21-18(12,2)3/h4-10H,1-3H3. The van der Waals surface area contributed by atoms with Crippen LogP contribution in [0.2, 0.25) is 0 Å². The average molecular weight is 308 g/mol. The molecule has 4 heteroatoms. The predicted molar refractivity (Wildman–Crippen MR) is 88.6 cm³/mol. The number of thioether (sulfide) groups is 1. The van der Waals surface area contributed by atoms with Gasteiger partial charge in [0.1, 0.15) is 16.4 Å². The smallest absolute Gasteiger partial charge is 0.129 e. The zero-order valence-corrected chi connectivity index (χ0v) is 13.6. The van der Waals surface area contributed by atoms with Gasteiger partial charge in [-0.25, -0.2) is 4.98 Å². The topological polar surface area (TPSA) is 45.9 Å². The molecule has 110 valence electrons. The van der Waals surface area contributed by atoms with Crippen molar-refractivity contribution in [1.82, 2.24) is 4.98 Å². The molecule has 1 aromatic heterocycles. The van der Waals surface area contributed by atoms with E-state index < -0.39 is 0 Å². The van der Waals surface area contributed by atoms with Crippen molar-refractivity contribution in [1.29, 1.82) is 5.26 Å². The summed E-state index contributed by atoms with van der Waals surface area (Å²) in [5.41, 5.74) is 2.37. The van der Waals surface area contributed by atoms with Crippen LogP contribution in [0.25, 0.3) is 4.91 Å². The van der Waals surface area contributed by atoms with Gasteiger partial charge >= 0.3 is 0 Å². The highest BCUT2D eigenvalue weighted by atomic mass is 32.2. The SMILES string of the molecule is CC1=C(Sc2ccccn2)c2cc(C#N)ccc2OC1(C)C.